The number of aliphatic hydroxyl groups is 1. The number of hydrogen-bond acceptors (Lipinski definition) is 7. The van der Waals surface area contributed by atoms with Crippen LogP contribution in [0, 0.1) is 11.3 Å². The van der Waals surface area contributed by atoms with Crippen molar-refractivity contribution in [1.29, 1.82) is 0 Å². The number of ketones is 1. The molecule has 1 aromatic rings. The average molecular weight is 559 g/mol. The Morgan fingerprint density at radius 1 is 1.10 bits per heavy atom. The number of halogens is 3. The molecule has 216 valence electrons. The Balaban J connectivity index is 2.13. The van der Waals surface area contributed by atoms with Crippen LogP contribution >= 0.6 is 0 Å². The molecule has 0 radical (unpaired) electrons. The summed E-state index contributed by atoms with van der Waals surface area (Å²) in [5, 5.41) is 19.0. The van der Waals surface area contributed by atoms with Gasteiger partial charge in [-0.2, -0.15) is 0 Å². The van der Waals surface area contributed by atoms with Gasteiger partial charge < -0.3 is 31.1 Å². The van der Waals surface area contributed by atoms with E-state index >= 15 is 0 Å². The molecule has 2 unspecified atom stereocenters. The van der Waals surface area contributed by atoms with Gasteiger partial charge in [0.15, 0.2) is 5.78 Å². The molecule has 1 aliphatic heterocycles. The summed E-state index contributed by atoms with van der Waals surface area (Å²) >= 11 is 0. The van der Waals surface area contributed by atoms with E-state index in [1.165, 1.54) is 12.1 Å². The van der Waals surface area contributed by atoms with E-state index in [1.54, 1.807) is 20.8 Å². The topological polar surface area (TPSA) is 163 Å². The van der Waals surface area contributed by atoms with Crippen LogP contribution in [0.25, 0.3) is 0 Å². The van der Waals surface area contributed by atoms with E-state index in [4.69, 9.17) is 0 Å². The second kappa shape index (κ2) is 13.4. The molecule has 4 amide bonds. The zero-order chi connectivity index (χ0) is 29.4. The van der Waals surface area contributed by atoms with E-state index in [0.29, 0.717) is 19.4 Å². The maximum atomic E-state index is 13.2. The van der Waals surface area contributed by atoms with Crippen LogP contribution in [0.1, 0.15) is 46.5 Å². The number of benzene rings is 1. The largest absolute Gasteiger partial charge is 0.573 e. The van der Waals surface area contributed by atoms with Crippen LogP contribution < -0.4 is 26.0 Å². The zero-order valence-corrected chi connectivity index (χ0v) is 21.8. The Labute approximate surface area is 223 Å². The minimum Gasteiger partial charge on any atom is -0.406 e. The van der Waals surface area contributed by atoms with E-state index in [1.807, 2.05) is 0 Å². The number of carbonyl (C=O) groups excluding carboxylic acids is 5. The Bertz CT molecular complexity index is 1070. The van der Waals surface area contributed by atoms with Gasteiger partial charge in [-0.05, 0) is 43.2 Å². The number of amides is 4. The first-order chi connectivity index (χ1) is 18.1. The molecule has 3 atom stereocenters. The third-order valence-corrected chi connectivity index (χ3v) is 5.75. The van der Waals surface area contributed by atoms with Gasteiger partial charge in [0.1, 0.15) is 18.4 Å². The number of aliphatic hydroxyl groups excluding tert-OH is 1. The van der Waals surface area contributed by atoms with Crippen molar-refractivity contribution in [1.82, 2.24) is 16.0 Å². The maximum Gasteiger partial charge on any atom is 0.573 e. The highest BCUT2D eigenvalue weighted by molar-refractivity contribution is 6.40. The first-order valence-corrected chi connectivity index (χ1v) is 12.3. The van der Waals surface area contributed by atoms with Crippen LogP contribution in [-0.2, 0) is 24.0 Å². The SMILES string of the molecule is CC(C)(C)C[C@H](NC(=O)C(=O)Nc1cccc(OC(F)(F)F)c1)C(=O)NC(CC1CCCNC1=O)C(=O)CO. The first-order valence-electron chi connectivity index (χ1n) is 12.3. The molecule has 1 heterocycles. The summed E-state index contributed by atoms with van der Waals surface area (Å²) in [4.78, 5) is 62.7. The lowest BCUT2D eigenvalue weighted by Gasteiger charge is -2.29. The monoisotopic (exact) mass is 558 g/mol. The Morgan fingerprint density at radius 3 is 2.38 bits per heavy atom. The van der Waals surface area contributed by atoms with Crippen molar-refractivity contribution < 1.29 is 47.0 Å². The molecule has 0 spiro atoms. The van der Waals surface area contributed by atoms with E-state index in [-0.39, 0.29) is 24.4 Å². The van der Waals surface area contributed by atoms with Gasteiger partial charge in [-0.1, -0.05) is 26.8 Å². The van der Waals surface area contributed by atoms with Gasteiger partial charge in [0.2, 0.25) is 11.8 Å². The fraction of sp³-hybridized carbons (Fsp3) is 0.560. The van der Waals surface area contributed by atoms with E-state index < -0.39 is 65.6 Å². The number of carbonyl (C=O) groups is 5. The van der Waals surface area contributed by atoms with Crippen molar-refractivity contribution in [2.75, 3.05) is 18.5 Å². The van der Waals surface area contributed by atoms with Crippen molar-refractivity contribution in [3.05, 3.63) is 24.3 Å². The molecule has 11 nitrogen and oxygen atoms in total. The number of Topliss-reactive ketones (excluding diaryl/α,β-unsaturated/α-hetero) is 1. The van der Waals surface area contributed by atoms with Crippen LogP contribution in [0.5, 0.6) is 5.75 Å². The van der Waals surface area contributed by atoms with Gasteiger partial charge in [-0.25, -0.2) is 0 Å². The van der Waals surface area contributed by atoms with Gasteiger partial charge in [0.25, 0.3) is 0 Å². The normalized spacial score (nSPS) is 17.3. The van der Waals surface area contributed by atoms with Crippen LogP contribution in [0.3, 0.4) is 0 Å². The van der Waals surface area contributed by atoms with Gasteiger partial charge in [0.05, 0.1) is 6.04 Å². The highest BCUT2D eigenvalue weighted by Crippen LogP contribution is 2.25. The fourth-order valence-electron chi connectivity index (χ4n) is 4.00. The smallest absolute Gasteiger partial charge is 0.406 e. The van der Waals surface area contributed by atoms with Crippen molar-refractivity contribution >= 4 is 35.1 Å². The molecule has 0 bridgehead atoms. The number of piperidine rings is 1. The van der Waals surface area contributed by atoms with Crippen LogP contribution in [-0.4, -0.2) is 66.1 Å². The number of alkyl halides is 3. The first kappa shape index (κ1) is 31.5. The second-order valence-electron chi connectivity index (χ2n) is 10.4. The average Bonchev–Trinajstić information content (AvgIpc) is 2.82. The molecule has 0 saturated carbocycles. The number of nitrogens with one attached hydrogen (secondary N) is 4. The Kier molecular flexibility index (Phi) is 10.8. The maximum absolute atomic E-state index is 13.2. The van der Waals surface area contributed by atoms with Crippen molar-refractivity contribution in [3.63, 3.8) is 0 Å². The lowest BCUT2D eigenvalue weighted by molar-refractivity contribution is -0.274. The molecule has 0 aromatic heterocycles. The molecule has 1 saturated heterocycles. The highest BCUT2D eigenvalue weighted by Gasteiger charge is 2.34. The third kappa shape index (κ3) is 10.9. The van der Waals surface area contributed by atoms with Crippen molar-refractivity contribution in [3.8, 4) is 5.75 Å². The number of hydrogen-bond donors (Lipinski definition) is 5. The molecule has 2 rings (SSSR count). The van der Waals surface area contributed by atoms with Crippen molar-refractivity contribution in [2.45, 2.75) is 64.9 Å². The van der Waals surface area contributed by atoms with Crippen LogP contribution in [0.4, 0.5) is 18.9 Å². The fourth-order valence-corrected chi connectivity index (χ4v) is 4.00. The predicted octanol–water partition coefficient (Wildman–Crippen LogP) is 1.41. The highest BCUT2D eigenvalue weighted by atomic mass is 19.4. The molecule has 1 aromatic carbocycles. The number of rotatable bonds is 10. The lowest BCUT2D eigenvalue weighted by Crippen LogP contribution is -2.55. The summed E-state index contributed by atoms with van der Waals surface area (Å²) < 4.78 is 41.2. The summed E-state index contributed by atoms with van der Waals surface area (Å²) in [6.45, 7) is 4.94. The van der Waals surface area contributed by atoms with E-state index in [0.717, 1.165) is 12.1 Å². The summed E-state index contributed by atoms with van der Waals surface area (Å²) in [6, 6.07) is 1.78. The van der Waals surface area contributed by atoms with E-state index in [2.05, 4.69) is 26.0 Å². The molecule has 39 heavy (non-hydrogen) atoms. The van der Waals surface area contributed by atoms with Crippen molar-refractivity contribution in [2.24, 2.45) is 11.3 Å². The van der Waals surface area contributed by atoms with Gasteiger partial charge >= 0.3 is 18.2 Å². The molecule has 1 aliphatic rings. The molecular weight excluding hydrogens is 525 g/mol. The summed E-state index contributed by atoms with van der Waals surface area (Å²) in [5.41, 5.74) is -0.692. The van der Waals surface area contributed by atoms with Gasteiger partial charge in [-0.3, -0.25) is 24.0 Å². The quantitative estimate of drug-likeness (QED) is 0.271. The number of ether oxygens (including phenoxy) is 1. The lowest BCUT2D eigenvalue weighted by atomic mass is 9.87. The Morgan fingerprint density at radius 2 is 1.79 bits per heavy atom. The Hall–Kier alpha value is -3.68. The van der Waals surface area contributed by atoms with E-state index in [9.17, 15) is 42.3 Å². The standard InChI is InChI=1S/C25H33F3N4O7/c1-24(2,3)12-18(21(36)31-17(19(34)13-33)10-14-6-5-9-29-20(14)35)32-23(38)22(37)30-15-7-4-8-16(11-15)39-25(26,27)28/h4,7-8,11,14,17-18,33H,5-6,9-10,12-13H2,1-3H3,(H,29,35)(H,30,37)(H,31,36)(H,32,38)/t14?,17?,18-/m0/s1. The molecule has 0 aliphatic carbocycles. The minimum atomic E-state index is -4.95. The van der Waals surface area contributed by atoms with Crippen LogP contribution in [0.2, 0.25) is 0 Å². The summed E-state index contributed by atoms with van der Waals surface area (Å²) in [6.07, 6.45) is -3.79. The molecule has 14 heteroatoms. The minimum absolute atomic E-state index is 0.0384. The molecule has 1 fully saturated rings. The number of anilines is 1. The molecule has 5 N–H and O–H groups in total. The third-order valence-electron chi connectivity index (χ3n) is 5.75. The second-order valence-corrected chi connectivity index (χ2v) is 10.4. The van der Waals surface area contributed by atoms with Gasteiger partial charge in [0, 0.05) is 24.2 Å². The molecular formula is C25H33F3N4O7. The summed E-state index contributed by atoms with van der Waals surface area (Å²) in [7, 11) is 0. The zero-order valence-electron chi connectivity index (χ0n) is 21.8. The van der Waals surface area contributed by atoms with Gasteiger partial charge in [-0.15, -0.1) is 13.2 Å². The summed E-state index contributed by atoms with van der Waals surface area (Å²) in [5.74, 6) is -5.48. The predicted molar refractivity (Wildman–Crippen MR) is 132 cm³/mol. The van der Waals surface area contributed by atoms with Crippen LogP contribution in [0.15, 0.2) is 24.3 Å².